The number of thiazole rings is 1. The van der Waals surface area contributed by atoms with E-state index in [1.807, 2.05) is 5.38 Å². The number of amides is 1. The van der Waals surface area contributed by atoms with Gasteiger partial charge in [-0.15, -0.1) is 11.3 Å². The predicted molar refractivity (Wildman–Crippen MR) is 99.4 cm³/mol. The molecule has 1 aliphatic heterocycles. The van der Waals surface area contributed by atoms with Crippen LogP contribution >= 0.6 is 11.3 Å². The van der Waals surface area contributed by atoms with E-state index in [9.17, 15) is 9.18 Å². The van der Waals surface area contributed by atoms with Gasteiger partial charge in [0.1, 0.15) is 5.82 Å². The molecule has 0 unspecified atom stereocenters. The van der Waals surface area contributed by atoms with Gasteiger partial charge in [-0.1, -0.05) is 19.9 Å². The topological polar surface area (TPSA) is 45.2 Å². The Morgan fingerprint density at radius 1 is 1.36 bits per heavy atom. The van der Waals surface area contributed by atoms with Crippen LogP contribution in [0.15, 0.2) is 23.6 Å². The second kappa shape index (κ2) is 7.62. The van der Waals surface area contributed by atoms with Gasteiger partial charge >= 0.3 is 0 Å². The average Bonchev–Trinajstić information content (AvgIpc) is 2.95. The fraction of sp³-hybridized carbons (Fsp3) is 0.474. The molecule has 1 N–H and O–H groups in total. The van der Waals surface area contributed by atoms with Crippen LogP contribution in [0.2, 0.25) is 0 Å². The number of benzene rings is 1. The number of piperidine rings is 1. The Labute approximate surface area is 152 Å². The Hall–Kier alpha value is -1.79. The Morgan fingerprint density at radius 2 is 2.08 bits per heavy atom. The van der Waals surface area contributed by atoms with E-state index in [0.29, 0.717) is 28.1 Å². The Balaban J connectivity index is 1.61. The van der Waals surface area contributed by atoms with E-state index in [1.54, 1.807) is 19.1 Å². The van der Waals surface area contributed by atoms with E-state index in [-0.39, 0.29) is 11.7 Å². The number of nitrogens with one attached hydrogen (secondary N) is 1. The number of carbonyl (C=O) groups excluding carboxylic acids is 1. The molecule has 3 rings (SSSR count). The fourth-order valence-corrected chi connectivity index (χ4v) is 4.19. The summed E-state index contributed by atoms with van der Waals surface area (Å²) in [4.78, 5) is 19.2. The number of hydrogen-bond acceptors (Lipinski definition) is 4. The van der Waals surface area contributed by atoms with Crippen molar-refractivity contribution in [1.29, 1.82) is 0 Å². The van der Waals surface area contributed by atoms with Gasteiger partial charge in [0.05, 0.1) is 5.69 Å². The van der Waals surface area contributed by atoms with Gasteiger partial charge in [0, 0.05) is 30.6 Å². The van der Waals surface area contributed by atoms with Gasteiger partial charge in [-0.3, -0.25) is 15.0 Å². The summed E-state index contributed by atoms with van der Waals surface area (Å²) < 4.78 is 13.6. The number of aromatic nitrogens is 1. The number of anilines is 1. The lowest BCUT2D eigenvalue weighted by Crippen LogP contribution is -2.38. The molecule has 6 heteroatoms. The lowest BCUT2D eigenvalue weighted by atomic mass is 9.92. The maximum Gasteiger partial charge on any atom is 0.257 e. The molecule has 0 radical (unpaired) electrons. The Kier molecular flexibility index (Phi) is 5.49. The molecule has 1 fully saturated rings. The molecule has 1 amide bonds. The van der Waals surface area contributed by atoms with Crippen molar-refractivity contribution in [1.82, 2.24) is 9.88 Å². The highest BCUT2D eigenvalue weighted by Crippen LogP contribution is 2.24. The lowest BCUT2D eigenvalue weighted by molar-refractivity contribution is 0.102. The number of rotatable bonds is 4. The smallest absolute Gasteiger partial charge is 0.257 e. The first-order chi connectivity index (χ1) is 11.9. The second-order valence-electron chi connectivity index (χ2n) is 7.20. The minimum Gasteiger partial charge on any atom is -0.298 e. The van der Waals surface area contributed by atoms with Crippen molar-refractivity contribution >= 4 is 22.4 Å². The normalized spacial score (nSPS) is 21.3. The number of carbonyl (C=O) groups is 1. The Bertz CT molecular complexity index is 751. The molecule has 0 saturated carbocycles. The Morgan fingerprint density at radius 3 is 2.76 bits per heavy atom. The van der Waals surface area contributed by atoms with Crippen LogP contribution in [0.25, 0.3) is 0 Å². The van der Waals surface area contributed by atoms with Crippen LogP contribution in [-0.4, -0.2) is 28.9 Å². The molecule has 2 heterocycles. The van der Waals surface area contributed by atoms with Crippen molar-refractivity contribution in [3.63, 3.8) is 0 Å². The van der Waals surface area contributed by atoms with Gasteiger partial charge in [0.25, 0.3) is 5.91 Å². The number of likely N-dealkylation sites (tertiary alicyclic amines) is 1. The molecule has 134 valence electrons. The standard InChI is InChI=1S/C19H24FN3OS/c1-12-6-13(2)9-23(8-12)10-16-11-25-19(21-16)22-18(24)15-5-4-14(3)17(20)7-15/h4-5,7,11-13H,6,8-10H2,1-3H3,(H,21,22,24)/t12-,13-/m1/s1. The van der Waals surface area contributed by atoms with Crippen molar-refractivity contribution in [2.45, 2.75) is 33.7 Å². The molecule has 2 aromatic rings. The zero-order chi connectivity index (χ0) is 18.0. The first kappa shape index (κ1) is 18.0. The van der Waals surface area contributed by atoms with Crippen LogP contribution in [0, 0.1) is 24.6 Å². The van der Waals surface area contributed by atoms with Gasteiger partial charge in [-0.2, -0.15) is 0 Å². The number of aryl methyl sites for hydroxylation is 1. The highest BCUT2D eigenvalue weighted by atomic mass is 32.1. The average molecular weight is 361 g/mol. The summed E-state index contributed by atoms with van der Waals surface area (Å²) in [5, 5.41) is 5.30. The molecule has 1 aliphatic rings. The molecular weight excluding hydrogens is 337 g/mol. The van der Waals surface area contributed by atoms with Crippen LogP contribution in [0.5, 0.6) is 0 Å². The summed E-state index contributed by atoms with van der Waals surface area (Å²) in [6, 6.07) is 4.49. The number of halogens is 1. The molecule has 25 heavy (non-hydrogen) atoms. The maximum absolute atomic E-state index is 13.6. The van der Waals surface area contributed by atoms with E-state index in [2.05, 4.69) is 29.0 Å². The molecule has 4 nitrogen and oxygen atoms in total. The molecule has 0 bridgehead atoms. The maximum atomic E-state index is 13.6. The molecule has 1 saturated heterocycles. The minimum atomic E-state index is -0.374. The van der Waals surface area contributed by atoms with Crippen LogP contribution < -0.4 is 5.32 Å². The highest BCUT2D eigenvalue weighted by Gasteiger charge is 2.22. The SMILES string of the molecule is Cc1ccc(C(=O)Nc2nc(CN3C[C@H](C)C[C@@H](C)C3)cs2)cc1F. The molecule has 2 atom stereocenters. The lowest BCUT2D eigenvalue weighted by Gasteiger charge is -2.34. The zero-order valence-electron chi connectivity index (χ0n) is 14.9. The van der Waals surface area contributed by atoms with Crippen molar-refractivity contribution in [3.8, 4) is 0 Å². The first-order valence-electron chi connectivity index (χ1n) is 8.65. The largest absolute Gasteiger partial charge is 0.298 e. The summed E-state index contributed by atoms with van der Waals surface area (Å²) >= 11 is 1.41. The monoisotopic (exact) mass is 361 g/mol. The third-order valence-corrected chi connectivity index (χ3v) is 5.34. The minimum absolute atomic E-state index is 0.304. The van der Waals surface area contributed by atoms with E-state index < -0.39 is 0 Å². The van der Waals surface area contributed by atoms with Crippen molar-refractivity contribution in [3.05, 3.63) is 46.2 Å². The van der Waals surface area contributed by atoms with Gasteiger partial charge in [-0.05, 0) is 42.9 Å². The summed E-state index contributed by atoms with van der Waals surface area (Å²) in [5.41, 5.74) is 1.80. The molecule has 1 aromatic carbocycles. The van der Waals surface area contributed by atoms with Crippen molar-refractivity contribution < 1.29 is 9.18 Å². The van der Waals surface area contributed by atoms with Crippen LogP contribution in [0.4, 0.5) is 9.52 Å². The summed E-state index contributed by atoms with van der Waals surface area (Å²) in [6.45, 7) is 9.23. The molecule has 0 spiro atoms. The highest BCUT2D eigenvalue weighted by molar-refractivity contribution is 7.13. The molecule has 1 aromatic heterocycles. The summed E-state index contributed by atoms with van der Waals surface area (Å²) in [7, 11) is 0. The van der Waals surface area contributed by atoms with Crippen molar-refractivity contribution in [2.24, 2.45) is 11.8 Å². The number of nitrogens with zero attached hydrogens (tertiary/aromatic N) is 2. The number of hydrogen-bond donors (Lipinski definition) is 1. The van der Waals surface area contributed by atoms with Crippen LogP contribution in [-0.2, 0) is 6.54 Å². The molecule has 0 aliphatic carbocycles. The van der Waals surface area contributed by atoms with Gasteiger partial charge in [0.15, 0.2) is 5.13 Å². The predicted octanol–water partition coefficient (Wildman–Crippen LogP) is 4.32. The van der Waals surface area contributed by atoms with E-state index in [1.165, 1.54) is 23.8 Å². The quantitative estimate of drug-likeness (QED) is 0.882. The van der Waals surface area contributed by atoms with Gasteiger partial charge in [-0.25, -0.2) is 9.37 Å². The van der Waals surface area contributed by atoms with E-state index in [0.717, 1.165) is 25.3 Å². The third-order valence-electron chi connectivity index (χ3n) is 4.54. The summed E-state index contributed by atoms with van der Waals surface area (Å²) in [6.07, 6.45) is 1.28. The fourth-order valence-electron chi connectivity index (χ4n) is 3.49. The zero-order valence-corrected chi connectivity index (χ0v) is 15.7. The van der Waals surface area contributed by atoms with Crippen LogP contribution in [0.3, 0.4) is 0 Å². The van der Waals surface area contributed by atoms with Gasteiger partial charge in [0.2, 0.25) is 0 Å². The van der Waals surface area contributed by atoms with E-state index >= 15 is 0 Å². The van der Waals surface area contributed by atoms with E-state index in [4.69, 9.17) is 0 Å². The molecular formula is C19H24FN3OS. The first-order valence-corrected chi connectivity index (χ1v) is 9.53. The van der Waals surface area contributed by atoms with Crippen molar-refractivity contribution in [2.75, 3.05) is 18.4 Å². The van der Waals surface area contributed by atoms with Crippen LogP contribution in [0.1, 0.15) is 41.9 Å². The second-order valence-corrected chi connectivity index (χ2v) is 8.06. The third kappa shape index (κ3) is 4.64. The summed E-state index contributed by atoms with van der Waals surface area (Å²) in [5.74, 6) is 0.705. The van der Waals surface area contributed by atoms with Gasteiger partial charge < -0.3 is 0 Å².